The van der Waals surface area contributed by atoms with Crippen LogP contribution >= 0.6 is 0 Å². The number of nitrogens with zero attached hydrogens (tertiary/aromatic N) is 3. The molecule has 200 valence electrons. The van der Waals surface area contributed by atoms with Crippen molar-refractivity contribution in [1.82, 2.24) is 9.80 Å². The first-order valence-electron chi connectivity index (χ1n) is 12.9. The summed E-state index contributed by atoms with van der Waals surface area (Å²) in [5, 5.41) is 0. The maximum Gasteiger partial charge on any atom is 0.401 e. The van der Waals surface area contributed by atoms with Crippen molar-refractivity contribution in [3.63, 3.8) is 0 Å². The fourth-order valence-electron chi connectivity index (χ4n) is 6.50. The third-order valence-electron chi connectivity index (χ3n) is 8.39. The van der Waals surface area contributed by atoms with Crippen LogP contribution in [0.1, 0.15) is 47.6 Å². The van der Waals surface area contributed by atoms with Crippen LogP contribution in [0.15, 0.2) is 30.3 Å². The highest BCUT2D eigenvalue weighted by Gasteiger charge is 2.42. The number of anilines is 1. The van der Waals surface area contributed by atoms with E-state index in [4.69, 9.17) is 0 Å². The summed E-state index contributed by atoms with van der Waals surface area (Å²) in [6.45, 7) is 4.17. The maximum atomic E-state index is 15.6. The molecular weight excluding hydrogens is 489 g/mol. The van der Waals surface area contributed by atoms with Gasteiger partial charge in [-0.2, -0.15) is 13.2 Å². The third-order valence-corrected chi connectivity index (χ3v) is 8.39. The van der Waals surface area contributed by atoms with Crippen LogP contribution in [0.2, 0.25) is 0 Å². The third kappa shape index (κ3) is 5.39. The molecule has 2 aromatic carbocycles. The fourth-order valence-corrected chi connectivity index (χ4v) is 6.50. The van der Waals surface area contributed by atoms with Crippen molar-refractivity contribution in [2.45, 2.75) is 44.8 Å². The maximum absolute atomic E-state index is 15.6. The van der Waals surface area contributed by atoms with E-state index in [2.05, 4.69) is 4.90 Å². The van der Waals surface area contributed by atoms with Crippen molar-refractivity contribution in [2.24, 2.45) is 5.41 Å². The lowest BCUT2D eigenvalue weighted by Crippen LogP contribution is -2.43. The van der Waals surface area contributed by atoms with E-state index in [1.807, 2.05) is 17.9 Å². The number of aryl methyl sites for hydroxylation is 1. The first kappa shape index (κ1) is 26.1. The molecule has 3 heterocycles. The quantitative estimate of drug-likeness (QED) is 0.396. The molecule has 0 N–H and O–H groups in total. The molecule has 0 aromatic heterocycles. The van der Waals surface area contributed by atoms with Crippen LogP contribution in [0.4, 0.5) is 27.6 Å². The van der Waals surface area contributed by atoms with Crippen LogP contribution in [0.5, 0.6) is 0 Å². The van der Waals surface area contributed by atoms with E-state index >= 15 is 8.78 Å². The van der Waals surface area contributed by atoms with Gasteiger partial charge in [-0.3, -0.25) is 9.80 Å². The molecule has 1 atom stereocenters. The number of carbonyl (C=O) groups excluding carboxylic acids is 1. The van der Waals surface area contributed by atoms with Crippen molar-refractivity contribution in [1.29, 1.82) is 0 Å². The predicted octanol–water partition coefficient (Wildman–Crippen LogP) is 5.27. The zero-order chi connectivity index (χ0) is 26.4. The van der Waals surface area contributed by atoms with Crippen LogP contribution in [-0.4, -0.2) is 68.1 Å². The summed E-state index contributed by atoms with van der Waals surface area (Å²) in [4.78, 5) is 16.1. The second kappa shape index (κ2) is 9.98. The van der Waals surface area contributed by atoms with Gasteiger partial charge in [0.25, 0.3) is 0 Å². The first-order valence-corrected chi connectivity index (χ1v) is 12.9. The number of aldehydes is 1. The topological polar surface area (TPSA) is 26.8 Å². The first-order chi connectivity index (χ1) is 17.6. The van der Waals surface area contributed by atoms with E-state index in [0.29, 0.717) is 37.3 Å². The van der Waals surface area contributed by atoms with Gasteiger partial charge < -0.3 is 9.69 Å². The normalized spacial score (nSPS) is 22.4. The zero-order valence-electron chi connectivity index (χ0n) is 21.0. The van der Waals surface area contributed by atoms with Gasteiger partial charge >= 0.3 is 6.18 Å². The molecule has 0 amide bonds. The van der Waals surface area contributed by atoms with Crippen molar-refractivity contribution in [3.8, 4) is 0 Å². The van der Waals surface area contributed by atoms with E-state index in [9.17, 15) is 18.0 Å². The summed E-state index contributed by atoms with van der Waals surface area (Å²) in [5.41, 5.74) is 2.52. The minimum Gasteiger partial charge on any atom is -0.371 e. The Morgan fingerprint density at radius 3 is 2.32 bits per heavy atom. The van der Waals surface area contributed by atoms with Crippen molar-refractivity contribution in [2.75, 3.05) is 50.7 Å². The Morgan fingerprint density at radius 1 is 1.00 bits per heavy atom. The molecule has 2 aromatic rings. The number of halogens is 5. The average Bonchev–Trinajstić information content (AvgIpc) is 3.21. The van der Waals surface area contributed by atoms with Crippen molar-refractivity contribution < 1.29 is 26.7 Å². The molecule has 5 rings (SSSR count). The molecule has 0 aliphatic carbocycles. The summed E-state index contributed by atoms with van der Waals surface area (Å²) in [5.74, 6) is -1.64. The number of likely N-dealkylation sites (tertiary alicyclic amines) is 1. The van der Waals surface area contributed by atoms with Gasteiger partial charge in [0.05, 0.1) is 19.1 Å². The highest BCUT2D eigenvalue weighted by molar-refractivity contribution is 5.53. The van der Waals surface area contributed by atoms with E-state index in [1.165, 1.54) is 12.1 Å². The Morgan fingerprint density at radius 2 is 1.68 bits per heavy atom. The molecule has 1 unspecified atom stereocenters. The van der Waals surface area contributed by atoms with E-state index in [1.54, 1.807) is 12.1 Å². The highest BCUT2D eigenvalue weighted by Crippen LogP contribution is 2.43. The second-order valence-electron chi connectivity index (χ2n) is 10.9. The lowest BCUT2D eigenvalue weighted by atomic mass is 9.77. The Balaban J connectivity index is 1.41. The number of piperidine rings is 1. The van der Waals surface area contributed by atoms with Gasteiger partial charge in [0.2, 0.25) is 0 Å². The predicted molar refractivity (Wildman–Crippen MR) is 132 cm³/mol. The second-order valence-corrected chi connectivity index (χ2v) is 10.9. The van der Waals surface area contributed by atoms with Crippen LogP contribution in [-0.2, 0) is 11.2 Å². The number of fused-ring (bicyclic) bond motifs is 1. The Kier molecular flexibility index (Phi) is 7.04. The lowest BCUT2D eigenvalue weighted by molar-refractivity contribution is -0.150. The number of hydrogen-bond acceptors (Lipinski definition) is 4. The molecule has 9 heteroatoms. The molecule has 3 aliphatic rings. The monoisotopic (exact) mass is 521 g/mol. The van der Waals surface area contributed by atoms with Gasteiger partial charge in [0.15, 0.2) is 0 Å². The minimum atomic E-state index is -4.49. The number of carbonyl (C=O) groups is 1. The highest BCUT2D eigenvalue weighted by atomic mass is 19.4. The molecule has 2 fully saturated rings. The number of benzene rings is 2. The molecule has 0 saturated carbocycles. The van der Waals surface area contributed by atoms with Crippen LogP contribution in [0, 0.1) is 24.0 Å². The van der Waals surface area contributed by atoms with Crippen molar-refractivity contribution >= 4 is 12.0 Å². The van der Waals surface area contributed by atoms with E-state index in [-0.39, 0.29) is 17.5 Å². The Hall–Kier alpha value is -2.52. The number of alkyl halides is 3. The lowest BCUT2D eigenvalue weighted by Gasteiger charge is -2.41. The number of hydrogen-bond donors (Lipinski definition) is 0. The Bertz CT molecular complexity index is 1140. The molecule has 4 nitrogen and oxygen atoms in total. The van der Waals surface area contributed by atoms with Crippen LogP contribution in [0.3, 0.4) is 0 Å². The molecule has 0 bridgehead atoms. The van der Waals surface area contributed by atoms with Crippen LogP contribution < -0.4 is 4.90 Å². The van der Waals surface area contributed by atoms with Gasteiger partial charge in [0.1, 0.15) is 17.9 Å². The summed E-state index contributed by atoms with van der Waals surface area (Å²) in [6.07, 6.45) is -0.442. The minimum absolute atomic E-state index is 0.0661. The van der Waals surface area contributed by atoms with Gasteiger partial charge in [-0.05, 0) is 67.8 Å². The summed E-state index contributed by atoms with van der Waals surface area (Å²) in [6, 6.07) is 6.77. The van der Waals surface area contributed by atoms with Crippen molar-refractivity contribution in [3.05, 3.63) is 64.2 Å². The smallest absolute Gasteiger partial charge is 0.371 e. The molecular formula is C28H32F5N3O. The average molecular weight is 522 g/mol. The standard InChI is InChI=1S/C28H32F5N3O/c1-19-2-3-22-20(14-19)4-8-36(18-28(31,32)33)26(22)25-23(29)15-21(16-24(25)30)35-10-6-27(7-11-35)5-9-34(17-27)12-13-37/h2-3,13-16,26H,4-12,17-18H2,1H3. The fraction of sp³-hybridized carbons (Fsp3) is 0.536. The van der Waals surface area contributed by atoms with Crippen LogP contribution in [0.25, 0.3) is 0 Å². The SMILES string of the molecule is Cc1ccc2c(c1)CCN(CC(F)(F)F)C2c1c(F)cc(N2CCC3(CCN(CC=O)C3)CC2)cc1F. The zero-order valence-corrected chi connectivity index (χ0v) is 21.0. The summed E-state index contributed by atoms with van der Waals surface area (Å²) in [7, 11) is 0. The summed E-state index contributed by atoms with van der Waals surface area (Å²) < 4.78 is 71.5. The molecule has 3 aliphatic heterocycles. The molecule has 2 saturated heterocycles. The summed E-state index contributed by atoms with van der Waals surface area (Å²) >= 11 is 0. The number of rotatable bonds is 5. The van der Waals surface area contributed by atoms with Gasteiger partial charge in [-0.1, -0.05) is 23.8 Å². The van der Waals surface area contributed by atoms with Gasteiger partial charge in [-0.15, -0.1) is 0 Å². The van der Waals surface area contributed by atoms with Gasteiger partial charge in [-0.25, -0.2) is 8.78 Å². The molecule has 37 heavy (non-hydrogen) atoms. The molecule has 1 spiro atoms. The van der Waals surface area contributed by atoms with E-state index < -0.39 is 30.4 Å². The Labute approximate surface area is 214 Å². The van der Waals surface area contributed by atoms with Gasteiger partial charge in [0, 0.05) is 37.4 Å². The largest absolute Gasteiger partial charge is 0.401 e. The van der Waals surface area contributed by atoms with E-state index in [0.717, 1.165) is 54.7 Å². The molecule has 0 radical (unpaired) electrons.